The van der Waals surface area contributed by atoms with E-state index in [1.165, 1.54) is 10.9 Å². The molecule has 0 bridgehead atoms. The van der Waals surface area contributed by atoms with Crippen molar-refractivity contribution in [1.29, 1.82) is 0 Å². The maximum atomic E-state index is 12.1. The third-order valence-corrected chi connectivity index (χ3v) is 8.95. The zero-order chi connectivity index (χ0) is 26.7. The van der Waals surface area contributed by atoms with E-state index in [-0.39, 0.29) is 36.6 Å². The van der Waals surface area contributed by atoms with Crippen molar-refractivity contribution in [2.45, 2.75) is 37.4 Å². The number of ether oxygens (including phenoxy) is 1. The molecule has 22 heteroatoms. The molecule has 3 heterocycles. The first-order valence-corrected chi connectivity index (χ1v) is 14.6. The van der Waals surface area contributed by atoms with Crippen LogP contribution in [0.2, 0.25) is 0 Å². The number of hydrogen-bond acceptors (Lipinski definition) is 15. The second-order valence-corrected chi connectivity index (χ2v) is 12.0. The number of hydrogen-bond donors (Lipinski definition) is 7. The molecule has 36 heavy (non-hydrogen) atoms. The number of nitrogens with zero attached hydrogens (tertiary/aromatic N) is 4. The number of nitrogens with two attached hydrogens (primary N) is 2. The van der Waals surface area contributed by atoms with Crippen molar-refractivity contribution in [3.05, 3.63) is 12.7 Å². The van der Waals surface area contributed by atoms with Crippen LogP contribution in [-0.4, -0.2) is 82.5 Å². The molecular weight excluding hydrogens is 553 g/mol. The molecule has 1 aliphatic heterocycles. The third-order valence-electron chi connectivity index (χ3n) is 4.67. The molecule has 1 saturated heterocycles. The van der Waals surface area contributed by atoms with Crippen LogP contribution in [0, 0.1) is 0 Å². The average molecular weight is 578 g/mol. The lowest BCUT2D eigenvalue weighted by Crippen LogP contribution is -2.33. The standard InChI is InChI=1S/C14H25N6O13P3/c15-3-1-2-4-29-34(23,24)32-36(27,28)33-35(25,26)30-5-8-10(21)11(22)14(31-8)20-7-19-9-12(16)17-6-18-13(9)20/h6-8,10-11,14,21-22H,1-5,15H2,(H,23,24)(H,25,26)(H,27,28)(H2,16,17,18)/t8-,10-,11-,14-/m1/s1. The molecule has 2 aromatic heterocycles. The van der Waals surface area contributed by atoms with Crippen molar-refractivity contribution >= 4 is 40.4 Å². The fourth-order valence-electron chi connectivity index (χ4n) is 3.07. The number of aliphatic hydroxyl groups excluding tert-OH is 2. The molecule has 9 N–H and O–H groups in total. The summed E-state index contributed by atoms with van der Waals surface area (Å²) in [6, 6.07) is 0. The van der Waals surface area contributed by atoms with Crippen LogP contribution in [0.4, 0.5) is 5.82 Å². The molecule has 3 rings (SSSR count). The largest absolute Gasteiger partial charge is 0.490 e. The molecule has 0 spiro atoms. The fourth-order valence-corrected chi connectivity index (χ4v) is 6.62. The number of rotatable bonds is 13. The van der Waals surface area contributed by atoms with Gasteiger partial charge in [0.05, 0.1) is 19.5 Å². The van der Waals surface area contributed by atoms with E-state index in [2.05, 4.69) is 32.6 Å². The van der Waals surface area contributed by atoms with Gasteiger partial charge >= 0.3 is 23.5 Å². The molecular formula is C14H25N6O13P3. The number of nitrogen functional groups attached to an aromatic ring is 1. The van der Waals surface area contributed by atoms with Gasteiger partial charge in [0.2, 0.25) is 0 Å². The van der Waals surface area contributed by atoms with Gasteiger partial charge in [-0.2, -0.15) is 8.62 Å². The minimum atomic E-state index is -5.66. The minimum Gasteiger partial charge on any atom is -0.387 e. The van der Waals surface area contributed by atoms with Gasteiger partial charge in [0, 0.05) is 0 Å². The maximum Gasteiger partial charge on any atom is 0.490 e. The van der Waals surface area contributed by atoms with Gasteiger partial charge in [-0.1, -0.05) is 0 Å². The Balaban J connectivity index is 1.59. The monoisotopic (exact) mass is 578 g/mol. The smallest absolute Gasteiger partial charge is 0.387 e. The molecule has 1 fully saturated rings. The number of phosphoric ester groups is 2. The molecule has 0 saturated carbocycles. The SMILES string of the molecule is NCCCCOP(=O)(O)OP(=O)(O)OP(=O)(O)OC[C@H]1O[C@@H](n2cnc3c(N)ncnc32)[C@H](O)[C@@H]1O. The zero-order valence-corrected chi connectivity index (χ0v) is 21.0. The number of aromatic nitrogens is 4. The summed E-state index contributed by atoms with van der Waals surface area (Å²) in [5.41, 5.74) is 11.3. The van der Waals surface area contributed by atoms with Crippen molar-refractivity contribution in [1.82, 2.24) is 19.5 Å². The Morgan fingerprint density at radius 2 is 1.64 bits per heavy atom. The summed E-state index contributed by atoms with van der Waals surface area (Å²) in [6.07, 6.45) is -2.97. The summed E-state index contributed by atoms with van der Waals surface area (Å²) in [7, 11) is -16.2. The lowest BCUT2D eigenvalue weighted by atomic mass is 10.1. The van der Waals surface area contributed by atoms with Gasteiger partial charge < -0.3 is 41.1 Å². The zero-order valence-electron chi connectivity index (χ0n) is 18.3. The molecule has 0 aliphatic carbocycles. The van der Waals surface area contributed by atoms with E-state index >= 15 is 0 Å². The molecule has 2 aromatic rings. The van der Waals surface area contributed by atoms with E-state index < -0.39 is 54.6 Å². The summed E-state index contributed by atoms with van der Waals surface area (Å²) in [5.74, 6) is 0.0501. The summed E-state index contributed by atoms with van der Waals surface area (Å²) in [6.45, 7) is -1.02. The van der Waals surface area contributed by atoms with Gasteiger partial charge in [0.1, 0.15) is 30.2 Å². The van der Waals surface area contributed by atoms with Crippen LogP contribution in [0.3, 0.4) is 0 Å². The number of aliphatic hydroxyl groups is 2. The van der Waals surface area contributed by atoms with Gasteiger partial charge in [-0.25, -0.2) is 28.6 Å². The van der Waals surface area contributed by atoms with Crippen LogP contribution >= 0.6 is 23.5 Å². The Labute approximate surface area is 202 Å². The Bertz CT molecular complexity index is 1200. The Hall–Kier alpha value is -1.40. The van der Waals surface area contributed by atoms with Crippen LogP contribution < -0.4 is 11.5 Å². The predicted molar refractivity (Wildman–Crippen MR) is 117 cm³/mol. The maximum absolute atomic E-state index is 12.1. The van der Waals surface area contributed by atoms with Crippen molar-refractivity contribution in [2.75, 3.05) is 25.5 Å². The molecule has 0 amide bonds. The highest BCUT2D eigenvalue weighted by Gasteiger charge is 2.47. The lowest BCUT2D eigenvalue weighted by molar-refractivity contribution is -0.0503. The van der Waals surface area contributed by atoms with Gasteiger partial charge in [0.15, 0.2) is 17.7 Å². The summed E-state index contributed by atoms with van der Waals surface area (Å²) < 4.78 is 59.4. The molecule has 19 nitrogen and oxygen atoms in total. The minimum absolute atomic E-state index is 0.0501. The van der Waals surface area contributed by atoms with Crippen molar-refractivity contribution in [3.8, 4) is 0 Å². The third kappa shape index (κ3) is 7.34. The number of unbranched alkanes of at least 4 members (excludes halogenated alkanes) is 1. The summed E-state index contributed by atoms with van der Waals surface area (Å²) in [4.78, 5) is 40.6. The van der Waals surface area contributed by atoms with Gasteiger partial charge in [0.25, 0.3) is 0 Å². The normalized spacial score (nSPS) is 27.5. The first-order valence-electron chi connectivity index (χ1n) is 10.1. The number of fused-ring (bicyclic) bond motifs is 1. The number of phosphoric acid groups is 3. The first-order chi connectivity index (χ1) is 16.8. The molecule has 0 radical (unpaired) electrons. The second-order valence-electron chi connectivity index (χ2n) is 7.32. The summed E-state index contributed by atoms with van der Waals surface area (Å²) in [5, 5.41) is 20.7. The van der Waals surface area contributed by atoms with E-state index in [9.17, 15) is 38.6 Å². The van der Waals surface area contributed by atoms with E-state index in [1.807, 2.05) is 0 Å². The quantitative estimate of drug-likeness (QED) is 0.112. The van der Waals surface area contributed by atoms with E-state index in [0.29, 0.717) is 6.42 Å². The van der Waals surface area contributed by atoms with Crippen molar-refractivity contribution in [3.63, 3.8) is 0 Å². The second kappa shape index (κ2) is 11.6. The average Bonchev–Trinajstić information content (AvgIpc) is 3.31. The molecule has 204 valence electrons. The number of imidazole rings is 1. The topological polar surface area (TPSA) is 294 Å². The first kappa shape index (κ1) is 29.2. The van der Waals surface area contributed by atoms with Gasteiger partial charge in [-0.3, -0.25) is 13.6 Å². The van der Waals surface area contributed by atoms with Crippen LogP contribution in [0.25, 0.3) is 11.2 Å². The molecule has 1 aliphatic rings. The highest BCUT2D eigenvalue weighted by Crippen LogP contribution is 2.67. The van der Waals surface area contributed by atoms with E-state index in [4.69, 9.17) is 16.2 Å². The predicted octanol–water partition coefficient (Wildman–Crippen LogP) is -0.866. The molecule has 7 atom stereocenters. The highest BCUT2D eigenvalue weighted by molar-refractivity contribution is 7.66. The Morgan fingerprint density at radius 3 is 2.31 bits per heavy atom. The van der Waals surface area contributed by atoms with Crippen molar-refractivity contribution in [2.24, 2.45) is 5.73 Å². The van der Waals surface area contributed by atoms with Gasteiger partial charge in [-0.15, -0.1) is 0 Å². The lowest BCUT2D eigenvalue weighted by Gasteiger charge is -2.20. The van der Waals surface area contributed by atoms with Crippen LogP contribution in [0.15, 0.2) is 12.7 Å². The highest BCUT2D eigenvalue weighted by atomic mass is 31.3. The Morgan fingerprint density at radius 1 is 0.972 bits per heavy atom. The Kier molecular flexibility index (Phi) is 9.36. The number of anilines is 1. The van der Waals surface area contributed by atoms with Gasteiger partial charge in [-0.05, 0) is 19.4 Å². The fraction of sp³-hybridized carbons (Fsp3) is 0.643. The van der Waals surface area contributed by atoms with E-state index in [0.717, 1.165) is 6.33 Å². The van der Waals surface area contributed by atoms with Crippen LogP contribution in [-0.2, 0) is 36.1 Å². The van der Waals surface area contributed by atoms with E-state index in [1.54, 1.807) is 0 Å². The van der Waals surface area contributed by atoms with Crippen molar-refractivity contribution < 1.29 is 61.0 Å². The molecule has 3 unspecified atom stereocenters. The summed E-state index contributed by atoms with van der Waals surface area (Å²) >= 11 is 0. The van der Waals surface area contributed by atoms with Crippen LogP contribution in [0.5, 0.6) is 0 Å². The van der Waals surface area contributed by atoms with Crippen LogP contribution in [0.1, 0.15) is 19.1 Å². The molecule has 0 aromatic carbocycles.